The van der Waals surface area contributed by atoms with Gasteiger partial charge in [0.25, 0.3) is 0 Å². The summed E-state index contributed by atoms with van der Waals surface area (Å²) in [5.74, 6) is -0.311. The van der Waals surface area contributed by atoms with E-state index < -0.39 is 0 Å². The molecule has 1 amide bonds. The van der Waals surface area contributed by atoms with Gasteiger partial charge in [0.15, 0.2) is 0 Å². The van der Waals surface area contributed by atoms with E-state index >= 15 is 0 Å². The molecule has 0 aromatic carbocycles. The molecule has 1 saturated heterocycles. The monoisotopic (exact) mass is 199 g/mol. The molecule has 0 aliphatic carbocycles. The SMILES string of the molecule is COC(=O)[C@H]1CCCN1C(=O)C(C)C. The normalized spacial score (nSPS) is 21.4. The van der Waals surface area contributed by atoms with E-state index in [-0.39, 0.29) is 23.8 Å². The molecule has 0 saturated carbocycles. The van der Waals surface area contributed by atoms with Gasteiger partial charge >= 0.3 is 5.97 Å². The summed E-state index contributed by atoms with van der Waals surface area (Å²) in [7, 11) is 1.36. The average Bonchev–Trinajstić information content (AvgIpc) is 2.63. The van der Waals surface area contributed by atoms with E-state index in [4.69, 9.17) is 0 Å². The second kappa shape index (κ2) is 4.44. The highest BCUT2D eigenvalue weighted by molar-refractivity contribution is 5.86. The average molecular weight is 199 g/mol. The van der Waals surface area contributed by atoms with Gasteiger partial charge in [0.1, 0.15) is 6.04 Å². The highest BCUT2D eigenvalue weighted by Gasteiger charge is 2.35. The van der Waals surface area contributed by atoms with Crippen molar-refractivity contribution in [2.75, 3.05) is 13.7 Å². The highest BCUT2D eigenvalue weighted by atomic mass is 16.5. The Morgan fingerprint density at radius 3 is 2.57 bits per heavy atom. The van der Waals surface area contributed by atoms with Crippen molar-refractivity contribution < 1.29 is 14.3 Å². The van der Waals surface area contributed by atoms with E-state index in [0.29, 0.717) is 6.54 Å². The van der Waals surface area contributed by atoms with Crippen LogP contribution in [-0.4, -0.2) is 36.5 Å². The van der Waals surface area contributed by atoms with Crippen LogP contribution in [0.3, 0.4) is 0 Å². The van der Waals surface area contributed by atoms with Gasteiger partial charge in [-0.3, -0.25) is 4.79 Å². The summed E-state index contributed by atoms with van der Waals surface area (Å²) in [6.45, 7) is 4.36. The fourth-order valence-corrected chi connectivity index (χ4v) is 1.74. The number of hydrogen-bond donors (Lipinski definition) is 0. The van der Waals surface area contributed by atoms with Crippen molar-refractivity contribution in [1.29, 1.82) is 0 Å². The van der Waals surface area contributed by atoms with Crippen molar-refractivity contribution in [3.05, 3.63) is 0 Å². The Kier molecular flexibility index (Phi) is 3.49. The molecule has 1 heterocycles. The zero-order valence-electron chi connectivity index (χ0n) is 8.95. The summed E-state index contributed by atoms with van der Waals surface area (Å²) in [5.41, 5.74) is 0. The molecule has 4 nitrogen and oxygen atoms in total. The third kappa shape index (κ3) is 2.05. The predicted octanol–water partition coefficient (Wildman–Crippen LogP) is 0.806. The van der Waals surface area contributed by atoms with Crippen LogP contribution in [0.1, 0.15) is 26.7 Å². The molecule has 0 bridgehead atoms. The second-order valence-electron chi connectivity index (χ2n) is 3.87. The molecular formula is C10H17NO3. The lowest BCUT2D eigenvalue weighted by atomic mass is 10.1. The minimum atomic E-state index is -0.352. The van der Waals surface area contributed by atoms with E-state index in [9.17, 15) is 9.59 Å². The van der Waals surface area contributed by atoms with Crippen LogP contribution in [0.4, 0.5) is 0 Å². The number of carbonyl (C=O) groups excluding carboxylic acids is 2. The molecule has 0 N–H and O–H groups in total. The Labute approximate surface area is 84.2 Å². The largest absolute Gasteiger partial charge is 0.467 e. The van der Waals surface area contributed by atoms with Crippen LogP contribution in [0.2, 0.25) is 0 Å². The topological polar surface area (TPSA) is 46.6 Å². The molecule has 0 aromatic rings. The van der Waals surface area contributed by atoms with E-state index in [0.717, 1.165) is 12.8 Å². The lowest BCUT2D eigenvalue weighted by molar-refractivity contribution is -0.152. The Bertz CT molecular complexity index is 238. The first kappa shape index (κ1) is 11.0. The minimum Gasteiger partial charge on any atom is -0.467 e. The molecule has 80 valence electrons. The molecule has 0 unspecified atom stereocenters. The molecule has 1 aliphatic rings. The van der Waals surface area contributed by atoms with Crippen LogP contribution in [-0.2, 0) is 14.3 Å². The number of carbonyl (C=O) groups is 2. The smallest absolute Gasteiger partial charge is 0.328 e. The van der Waals surface area contributed by atoms with Crippen molar-refractivity contribution in [3.63, 3.8) is 0 Å². The summed E-state index contributed by atoms with van der Waals surface area (Å²) >= 11 is 0. The number of ether oxygens (including phenoxy) is 1. The number of rotatable bonds is 2. The molecule has 0 spiro atoms. The fourth-order valence-electron chi connectivity index (χ4n) is 1.74. The summed E-state index contributed by atoms with van der Waals surface area (Å²) in [5, 5.41) is 0. The fraction of sp³-hybridized carbons (Fsp3) is 0.800. The summed E-state index contributed by atoms with van der Waals surface area (Å²) < 4.78 is 4.66. The number of nitrogens with zero attached hydrogens (tertiary/aromatic N) is 1. The highest BCUT2D eigenvalue weighted by Crippen LogP contribution is 2.20. The molecule has 1 atom stereocenters. The summed E-state index contributed by atoms with van der Waals surface area (Å²) in [6.07, 6.45) is 1.61. The quantitative estimate of drug-likeness (QED) is 0.618. The Hall–Kier alpha value is -1.06. The van der Waals surface area contributed by atoms with Crippen LogP contribution in [0.5, 0.6) is 0 Å². The molecule has 1 aliphatic heterocycles. The van der Waals surface area contributed by atoms with Crippen molar-refractivity contribution in [2.24, 2.45) is 5.92 Å². The number of esters is 1. The van der Waals surface area contributed by atoms with Gasteiger partial charge in [-0.2, -0.15) is 0 Å². The Balaban J connectivity index is 2.68. The van der Waals surface area contributed by atoms with Gasteiger partial charge in [0.05, 0.1) is 7.11 Å². The predicted molar refractivity (Wildman–Crippen MR) is 51.6 cm³/mol. The van der Waals surface area contributed by atoms with Gasteiger partial charge < -0.3 is 9.64 Å². The maximum absolute atomic E-state index is 11.7. The zero-order chi connectivity index (χ0) is 10.7. The van der Waals surface area contributed by atoms with Gasteiger partial charge in [-0.1, -0.05) is 13.8 Å². The van der Waals surface area contributed by atoms with Crippen LogP contribution < -0.4 is 0 Å². The number of hydrogen-bond acceptors (Lipinski definition) is 3. The van der Waals surface area contributed by atoms with Gasteiger partial charge in [0.2, 0.25) is 5.91 Å². The standard InChI is InChI=1S/C10H17NO3/c1-7(2)9(12)11-6-4-5-8(11)10(13)14-3/h7-8H,4-6H2,1-3H3/t8-/m1/s1. The van der Waals surface area contributed by atoms with Gasteiger partial charge in [0, 0.05) is 12.5 Å². The molecule has 1 fully saturated rings. The first-order chi connectivity index (χ1) is 6.57. The van der Waals surface area contributed by atoms with Gasteiger partial charge in [-0.25, -0.2) is 4.79 Å². The van der Waals surface area contributed by atoms with Crippen LogP contribution in [0, 0.1) is 5.92 Å². The van der Waals surface area contributed by atoms with Gasteiger partial charge in [-0.15, -0.1) is 0 Å². The third-order valence-electron chi connectivity index (χ3n) is 2.50. The minimum absolute atomic E-state index is 0.0397. The molecule has 14 heavy (non-hydrogen) atoms. The van der Waals surface area contributed by atoms with E-state index in [2.05, 4.69) is 4.74 Å². The first-order valence-electron chi connectivity index (χ1n) is 4.96. The van der Waals surface area contributed by atoms with E-state index in [1.165, 1.54) is 7.11 Å². The van der Waals surface area contributed by atoms with Crippen LogP contribution >= 0.6 is 0 Å². The van der Waals surface area contributed by atoms with Crippen LogP contribution in [0.15, 0.2) is 0 Å². The lowest BCUT2D eigenvalue weighted by Crippen LogP contribution is -2.42. The van der Waals surface area contributed by atoms with Crippen LogP contribution in [0.25, 0.3) is 0 Å². The maximum Gasteiger partial charge on any atom is 0.328 e. The third-order valence-corrected chi connectivity index (χ3v) is 2.50. The summed E-state index contributed by atoms with van der Waals surface area (Å²) in [4.78, 5) is 24.7. The van der Waals surface area contributed by atoms with Gasteiger partial charge in [-0.05, 0) is 12.8 Å². The van der Waals surface area contributed by atoms with E-state index in [1.807, 2.05) is 13.8 Å². The maximum atomic E-state index is 11.7. The second-order valence-corrected chi connectivity index (χ2v) is 3.87. The molecular weight excluding hydrogens is 182 g/mol. The number of amides is 1. The molecule has 0 radical (unpaired) electrons. The van der Waals surface area contributed by atoms with Crippen molar-refractivity contribution in [1.82, 2.24) is 4.90 Å². The molecule has 0 aromatic heterocycles. The van der Waals surface area contributed by atoms with Crippen molar-refractivity contribution >= 4 is 11.9 Å². The Morgan fingerprint density at radius 1 is 1.43 bits per heavy atom. The number of methoxy groups -OCH3 is 1. The zero-order valence-corrected chi connectivity index (χ0v) is 8.95. The Morgan fingerprint density at radius 2 is 2.07 bits per heavy atom. The number of likely N-dealkylation sites (tertiary alicyclic amines) is 1. The molecule has 4 heteroatoms. The van der Waals surface area contributed by atoms with E-state index in [1.54, 1.807) is 4.90 Å². The lowest BCUT2D eigenvalue weighted by Gasteiger charge is -2.24. The van der Waals surface area contributed by atoms with Crippen molar-refractivity contribution in [3.8, 4) is 0 Å². The first-order valence-corrected chi connectivity index (χ1v) is 4.96. The van der Waals surface area contributed by atoms with Crippen molar-refractivity contribution in [2.45, 2.75) is 32.7 Å². The molecule has 1 rings (SSSR count). The summed E-state index contributed by atoms with van der Waals surface area (Å²) in [6, 6.07) is -0.352.